The number of hydrogen-bond donors (Lipinski definition) is 1. The van der Waals surface area contributed by atoms with E-state index in [1.807, 2.05) is 36.7 Å². The van der Waals surface area contributed by atoms with Gasteiger partial charge in [-0.15, -0.1) is 0 Å². The number of aliphatic hydroxyl groups is 1. The van der Waals surface area contributed by atoms with Gasteiger partial charge in [-0.3, -0.25) is 9.97 Å². The molecule has 0 radical (unpaired) electrons. The first-order valence-electron chi connectivity index (χ1n) is 6.92. The molecule has 1 aromatic carbocycles. The highest BCUT2D eigenvalue weighted by Crippen LogP contribution is 2.21. The van der Waals surface area contributed by atoms with Gasteiger partial charge in [-0.1, -0.05) is 6.07 Å². The Morgan fingerprint density at radius 2 is 1.86 bits per heavy atom. The van der Waals surface area contributed by atoms with E-state index in [0.29, 0.717) is 6.42 Å². The van der Waals surface area contributed by atoms with Gasteiger partial charge in [0.1, 0.15) is 12.2 Å². The van der Waals surface area contributed by atoms with Crippen molar-refractivity contribution in [2.24, 2.45) is 0 Å². The first kappa shape index (κ1) is 13.6. The van der Waals surface area contributed by atoms with Crippen LogP contribution in [0, 0.1) is 0 Å². The van der Waals surface area contributed by atoms with Crippen molar-refractivity contribution in [3.8, 4) is 0 Å². The summed E-state index contributed by atoms with van der Waals surface area (Å²) in [6.45, 7) is 4.08. The molecule has 0 bridgehead atoms. The lowest BCUT2D eigenvalue weighted by molar-refractivity contribution is 0.173. The van der Waals surface area contributed by atoms with Crippen LogP contribution in [0.3, 0.4) is 0 Å². The Bertz CT molecular complexity index is 752. The molecule has 2 aromatic heterocycles. The Kier molecular flexibility index (Phi) is 3.62. The molecule has 0 spiro atoms. The molecule has 1 atom stereocenters. The highest BCUT2D eigenvalue weighted by molar-refractivity contribution is 5.74. The van der Waals surface area contributed by atoms with Crippen molar-refractivity contribution >= 4 is 11.0 Å². The molecule has 0 aliphatic rings. The quantitative estimate of drug-likeness (QED) is 0.793. The topological polar surface area (TPSA) is 76.7 Å². The Labute approximate surface area is 122 Å². The van der Waals surface area contributed by atoms with Gasteiger partial charge < -0.3 is 5.11 Å². The van der Waals surface area contributed by atoms with Crippen LogP contribution in [-0.2, 0) is 6.42 Å². The number of aliphatic hydroxyl groups excluding tert-OH is 1. The normalized spacial score (nSPS) is 13.0. The second-order valence-corrected chi connectivity index (χ2v) is 5.24. The van der Waals surface area contributed by atoms with E-state index < -0.39 is 6.10 Å². The van der Waals surface area contributed by atoms with E-state index in [1.165, 1.54) is 6.33 Å². The summed E-state index contributed by atoms with van der Waals surface area (Å²) in [6, 6.07) is 5.83. The highest BCUT2D eigenvalue weighted by atomic mass is 16.3. The van der Waals surface area contributed by atoms with Gasteiger partial charge in [0.2, 0.25) is 0 Å². The second-order valence-electron chi connectivity index (χ2n) is 5.24. The van der Waals surface area contributed by atoms with E-state index in [-0.39, 0.29) is 6.04 Å². The minimum absolute atomic E-state index is 0.220. The minimum Gasteiger partial charge on any atom is -0.388 e. The monoisotopic (exact) mass is 283 g/mol. The molecular formula is C15H17N5O. The van der Waals surface area contributed by atoms with Gasteiger partial charge >= 0.3 is 0 Å². The van der Waals surface area contributed by atoms with E-state index in [9.17, 15) is 5.11 Å². The predicted octanol–water partition coefficient (Wildman–Crippen LogP) is 2.08. The van der Waals surface area contributed by atoms with Crippen LogP contribution in [0.4, 0.5) is 0 Å². The van der Waals surface area contributed by atoms with E-state index in [4.69, 9.17) is 0 Å². The summed E-state index contributed by atoms with van der Waals surface area (Å²) >= 11 is 0. The molecule has 0 saturated heterocycles. The fourth-order valence-corrected chi connectivity index (χ4v) is 2.33. The van der Waals surface area contributed by atoms with Crippen LogP contribution in [-0.4, -0.2) is 29.8 Å². The molecule has 21 heavy (non-hydrogen) atoms. The zero-order valence-corrected chi connectivity index (χ0v) is 12.0. The van der Waals surface area contributed by atoms with E-state index in [2.05, 4.69) is 20.1 Å². The fourth-order valence-electron chi connectivity index (χ4n) is 2.33. The van der Waals surface area contributed by atoms with Crippen LogP contribution in [0.2, 0.25) is 0 Å². The van der Waals surface area contributed by atoms with Gasteiger partial charge in [-0.2, -0.15) is 5.10 Å². The van der Waals surface area contributed by atoms with Crippen LogP contribution < -0.4 is 0 Å². The van der Waals surface area contributed by atoms with Crippen molar-refractivity contribution in [1.29, 1.82) is 0 Å². The maximum absolute atomic E-state index is 10.4. The maximum atomic E-state index is 10.4. The van der Waals surface area contributed by atoms with Crippen LogP contribution in [0.25, 0.3) is 11.0 Å². The van der Waals surface area contributed by atoms with Gasteiger partial charge in [0.25, 0.3) is 0 Å². The molecule has 2 heterocycles. The number of fused-ring (bicyclic) bond motifs is 1. The van der Waals surface area contributed by atoms with Crippen molar-refractivity contribution < 1.29 is 5.11 Å². The van der Waals surface area contributed by atoms with Crippen molar-refractivity contribution in [3.05, 3.63) is 48.3 Å². The molecule has 1 unspecified atom stereocenters. The molecule has 3 aromatic rings. The summed E-state index contributed by atoms with van der Waals surface area (Å²) in [5, 5.41) is 14.6. The summed E-state index contributed by atoms with van der Waals surface area (Å²) < 4.78 is 1.82. The molecule has 6 nitrogen and oxygen atoms in total. The molecule has 0 aliphatic heterocycles. The summed E-state index contributed by atoms with van der Waals surface area (Å²) in [7, 11) is 0. The third kappa shape index (κ3) is 2.75. The molecule has 0 saturated carbocycles. The zero-order chi connectivity index (χ0) is 14.8. The van der Waals surface area contributed by atoms with Crippen molar-refractivity contribution in [1.82, 2.24) is 24.7 Å². The van der Waals surface area contributed by atoms with Gasteiger partial charge in [0, 0.05) is 24.9 Å². The molecule has 0 amide bonds. The zero-order valence-electron chi connectivity index (χ0n) is 12.0. The third-order valence-electron chi connectivity index (χ3n) is 3.39. The predicted molar refractivity (Wildman–Crippen MR) is 78.6 cm³/mol. The average molecular weight is 283 g/mol. The molecule has 1 N–H and O–H groups in total. The summed E-state index contributed by atoms with van der Waals surface area (Å²) in [5.41, 5.74) is 2.40. The molecular weight excluding hydrogens is 266 g/mol. The first-order chi connectivity index (χ1) is 10.1. The lowest BCUT2D eigenvalue weighted by atomic mass is 10.1. The number of aromatic nitrogens is 5. The first-order valence-corrected chi connectivity index (χ1v) is 6.92. The fraction of sp³-hybridized carbons (Fsp3) is 0.333. The number of benzene rings is 1. The largest absolute Gasteiger partial charge is 0.388 e. The highest BCUT2D eigenvalue weighted by Gasteiger charge is 2.15. The summed E-state index contributed by atoms with van der Waals surface area (Å²) in [4.78, 5) is 12.7. The number of nitrogens with zero attached hydrogens (tertiary/aromatic N) is 5. The SMILES string of the molecule is CC(C)n1ncnc1CC(O)c1ccc2nccnc2c1. The van der Waals surface area contributed by atoms with Gasteiger partial charge in [-0.25, -0.2) is 9.67 Å². The van der Waals surface area contributed by atoms with Crippen molar-refractivity contribution in [3.63, 3.8) is 0 Å². The lowest BCUT2D eigenvalue weighted by Gasteiger charge is -2.13. The standard InChI is InChI=1S/C15H17N5O/c1-10(2)20-15(18-9-19-20)8-14(21)11-3-4-12-13(7-11)17-6-5-16-12/h3-7,9-10,14,21H,8H2,1-2H3. The van der Waals surface area contributed by atoms with Crippen LogP contribution in [0.5, 0.6) is 0 Å². The van der Waals surface area contributed by atoms with Gasteiger partial charge in [-0.05, 0) is 31.5 Å². The number of hydrogen-bond acceptors (Lipinski definition) is 5. The smallest absolute Gasteiger partial charge is 0.138 e. The van der Waals surface area contributed by atoms with Crippen molar-refractivity contribution in [2.45, 2.75) is 32.4 Å². The number of rotatable bonds is 4. The van der Waals surface area contributed by atoms with Crippen LogP contribution >= 0.6 is 0 Å². The Hall–Kier alpha value is -2.34. The summed E-state index contributed by atoms with van der Waals surface area (Å²) in [6.07, 6.45) is 4.60. The van der Waals surface area contributed by atoms with Crippen LogP contribution in [0.1, 0.15) is 37.4 Å². The second kappa shape index (κ2) is 5.57. The molecule has 0 aliphatic carbocycles. The Balaban J connectivity index is 1.86. The Morgan fingerprint density at radius 1 is 1.10 bits per heavy atom. The third-order valence-corrected chi connectivity index (χ3v) is 3.39. The minimum atomic E-state index is -0.641. The molecule has 108 valence electrons. The van der Waals surface area contributed by atoms with Crippen LogP contribution in [0.15, 0.2) is 36.9 Å². The van der Waals surface area contributed by atoms with Gasteiger partial charge in [0.05, 0.1) is 17.1 Å². The van der Waals surface area contributed by atoms with E-state index >= 15 is 0 Å². The lowest BCUT2D eigenvalue weighted by Crippen LogP contribution is -2.12. The maximum Gasteiger partial charge on any atom is 0.138 e. The molecule has 0 fully saturated rings. The van der Waals surface area contributed by atoms with Crippen molar-refractivity contribution in [2.75, 3.05) is 0 Å². The molecule has 6 heteroatoms. The van der Waals surface area contributed by atoms with E-state index in [1.54, 1.807) is 12.4 Å². The average Bonchev–Trinajstić information content (AvgIpc) is 2.95. The van der Waals surface area contributed by atoms with Gasteiger partial charge in [0.15, 0.2) is 0 Å². The van der Waals surface area contributed by atoms with E-state index in [0.717, 1.165) is 22.4 Å². The molecule has 3 rings (SSSR count). The summed E-state index contributed by atoms with van der Waals surface area (Å²) in [5.74, 6) is 0.775. The Morgan fingerprint density at radius 3 is 2.62 bits per heavy atom.